The van der Waals surface area contributed by atoms with E-state index in [-0.39, 0.29) is 5.91 Å². The molecule has 9 nitrogen and oxygen atoms in total. The maximum atomic E-state index is 11.9. The van der Waals surface area contributed by atoms with Gasteiger partial charge >= 0.3 is 0 Å². The van der Waals surface area contributed by atoms with Crippen molar-refractivity contribution in [3.05, 3.63) is 35.7 Å². The van der Waals surface area contributed by atoms with E-state index in [1.54, 1.807) is 19.2 Å². The number of carbonyl (C=O) groups excluding carboxylic acids is 1. The van der Waals surface area contributed by atoms with Crippen LogP contribution in [-0.4, -0.2) is 65.4 Å². The first kappa shape index (κ1) is 19.9. The van der Waals surface area contributed by atoms with Gasteiger partial charge in [-0.3, -0.25) is 4.79 Å². The molecule has 31 heavy (non-hydrogen) atoms. The molecule has 0 spiro atoms. The second-order valence-electron chi connectivity index (χ2n) is 8.24. The molecule has 1 saturated heterocycles. The van der Waals surface area contributed by atoms with Gasteiger partial charge < -0.3 is 24.3 Å². The summed E-state index contributed by atoms with van der Waals surface area (Å²) in [5.41, 5.74) is 2.57. The topological polar surface area (TPSA) is 94.4 Å². The third-order valence-corrected chi connectivity index (χ3v) is 5.84. The number of morpholine rings is 1. The van der Waals surface area contributed by atoms with Crippen LogP contribution in [0.1, 0.15) is 30.0 Å². The van der Waals surface area contributed by atoms with E-state index in [4.69, 9.17) is 24.4 Å². The number of aromatic nitrogens is 4. The molecular weight excluding hydrogens is 396 g/mol. The van der Waals surface area contributed by atoms with Crippen molar-refractivity contribution in [1.29, 1.82) is 0 Å². The van der Waals surface area contributed by atoms with Gasteiger partial charge in [0.1, 0.15) is 11.4 Å². The molecular formula is C22H26N6O3. The molecule has 1 fully saturated rings. The molecule has 2 aliphatic heterocycles. The first-order valence-electron chi connectivity index (χ1n) is 10.6. The average Bonchev–Trinajstić information content (AvgIpc) is 3.19. The average molecular weight is 422 g/mol. The normalized spacial score (nSPS) is 18.1. The minimum Gasteiger partial charge on any atom is -0.378 e. The van der Waals surface area contributed by atoms with Crippen LogP contribution < -0.4 is 10.2 Å². The summed E-state index contributed by atoms with van der Waals surface area (Å²) in [6, 6.07) is 7.35. The molecule has 0 atom stereocenters. The Morgan fingerprint density at radius 3 is 2.48 bits per heavy atom. The zero-order valence-corrected chi connectivity index (χ0v) is 18.0. The molecule has 9 heteroatoms. The standard InChI is InChI=1S/C22H26N6O3/c1-22(2)21-24-16-18(27-8-11-30-12-9-27)25-17(26-19(16)28(21)10-13-31-22)14-4-6-15(7-5-14)20(29)23-3/h4-7H,8-13H2,1-3H3,(H,23,29). The fraction of sp³-hybridized carbons (Fsp3) is 0.455. The van der Waals surface area contributed by atoms with E-state index < -0.39 is 5.60 Å². The fourth-order valence-electron chi connectivity index (χ4n) is 4.15. The van der Waals surface area contributed by atoms with Crippen molar-refractivity contribution < 1.29 is 14.3 Å². The van der Waals surface area contributed by atoms with Crippen LogP contribution in [0.4, 0.5) is 5.82 Å². The van der Waals surface area contributed by atoms with Crippen molar-refractivity contribution in [2.45, 2.75) is 26.0 Å². The van der Waals surface area contributed by atoms with E-state index in [0.29, 0.717) is 37.8 Å². The monoisotopic (exact) mass is 422 g/mol. The number of benzene rings is 1. The van der Waals surface area contributed by atoms with Crippen molar-refractivity contribution in [1.82, 2.24) is 24.8 Å². The van der Waals surface area contributed by atoms with Crippen LogP contribution in [-0.2, 0) is 21.6 Å². The Morgan fingerprint density at radius 1 is 1.03 bits per heavy atom. The van der Waals surface area contributed by atoms with Gasteiger partial charge in [0, 0.05) is 37.8 Å². The lowest BCUT2D eigenvalue weighted by Crippen LogP contribution is -2.37. The highest BCUT2D eigenvalue weighted by Crippen LogP contribution is 2.35. The van der Waals surface area contributed by atoms with Gasteiger partial charge in [-0.1, -0.05) is 12.1 Å². The Kier molecular flexibility index (Phi) is 4.86. The number of hydrogen-bond acceptors (Lipinski definition) is 7. The molecule has 0 unspecified atom stereocenters. The number of fused-ring (bicyclic) bond motifs is 3. The van der Waals surface area contributed by atoms with E-state index in [9.17, 15) is 4.79 Å². The van der Waals surface area contributed by atoms with E-state index in [1.165, 1.54) is 0 Å². The zero-order chi connectivity index (χ0) is 21.6. The predicted octanol–water partition coefficient (Wildman–Crippen LogP) is 1.95. The van der Waals surface area contributed by atoms with Gasteiger partial charge in [-0.25, -0.2) is 15.0 Å². The molecule has 4 heterocycles. The highest BCUT2D eigenvalue weighted by atomic mass is 16.5. The van der Waals surface area contributed by atoms with Gasteiger partial charge in [-0.05, 0) is 26.0 Å². The number of anilines is 1. The van der Waals surface area contributed by atoms with E-state index >= 15 is 0 Å². The Bertz CT molecular complexity index is 1130. The molecule has 0 aliphatic carbocycles. The van der Waals surface area contributed by atoms with Crippen molar-refractivity contribution >= 4 is 22.9 Å². The first-order chi connectivity index (χ1) is 15.0. The number of hydrogen-bond donors (Lipinski definition) is 1. The van der Waals surface area contributed by atoms with Gasteiger partial charge in [0.15, 0.2) is 22.8 Å². The smallest absolute Gasteiger partial charge is 0.251 e. The fourth-order valence-corrected chi connectivity index (χ4v) is 4.15. The number of imidazole rings is 1. The lowest BCUT2D eigenvalue weighted by atomic mass is 10.1. The molecule has 1 N–H and O–H groups in total. The summed E-state index contributed by atoms with van der Waals surface area (Å²) in [5, 5.41) is 2.64. The first-order valence-corrected chi connectivity index (χ1v) is 10.6. The van der Waals surface area contributed by atoms with Crippen molar-refractivity contribution in [3.63, 3.8) is 0 Å². The molecule has 0 bridgehead atoms. The van der Waals surface area contributed by atoms with Gasteiger partial charge in [0.2, 0.25) is 0 Å². The van der Waals surface area contributed by atoms with Gasteiger partial charge in [-0.15, -0.1) is 0 Å². The van der Waals surface area contributed by atoms with E-state index in [0.717, 1.165) is 41.5 Å². The van der Waals surface area contributed by atoms with Crippen molar-refractivity contribution in [2.24, 2.45) is 0 Å². The highest BCUT2D eigenvalue weighted by molar-refractivity contribution is 5.94. The molecule has 0 saturated carbocycles. The number of nitrogens with zero attached hydrogens (tertiary/aromatic N) is 5. The molecule has 5 rings (SSSR count). The molecule has 1 aromatic carbocycles. The SMILES string of the molecule is CNC(=O)c1ccc(-c2nc(N3CCOCC3)c3nc4n(c3n2)CCOC4(C)C)cc1. The second kappa shape index (κ2) is 7.58. The number of nitrogens with one attached hydrogen (secondary N) is 1. The van der Waals surface area contributed by atoms with E-state index in [1.807, 2.05) is 26.0 Å². The van der Waals surface area contributed by atoms with Crippen LogP contribution in [0.2, 0.25) is 0 Å². The minimum atomic E-state index is -0.490. The summed E-state index contributed by atoms with van der Waals surface area (Å²) in [6.45, 7) is 8.19. The largest absolute Gasteiger partial charge is 0.378 e. The molecule has 162 valence electrons. The predicted molar refractivity (Wildman–Crippen MR) is 116 cm³/mol. The van der Waals surface area contributed by atoms with Crippen molar-refractivity contribution in [2.75, 3.05) is 44.9 Å². The summed E-state index contributed by atoms with van der Waals surface area (Å²) in [6.07, 6.45) is 0. The van der Waals surface area contributed by atoms with Crippen LogP contribution in [0.25, 0.3) is 22.6 Å². The summed E-state index contributed by atoms with van der Waals surface area (Å²) >= 11 is 0. The Balaban J connectivity index is 1.68. The molecule has 0 radical (unpaired) electrons. The Hall–Kier alpha value is -3.04. The summed E-state index contributed by atoms with van der Waals surface area (Å²) < 4.78 is 13.7. The Morgan fingerprint density at radius 2 is 1.77 bits per heavy atom. The van der Waals surface area contributed by atoms with Gasteiger partial charge in [-0.2, -0.15) is 0 Å². The quantitative estimate of drug-likeness (QED) is 0.689. The van der Waals surface area contributed by atoms with Crippen LogP contribution in [0.3, 0.4) is 0 Å². The maximum absolute atomic E-state index is 11.9. The number of rotatable bonds is 3. The highest BCUT2D eigenvalue weighted by Gasteiger charge is 2.34. The number of amides is 1. The second-order valence-corrected chi connectivity index (χ2v) is 8.24. The van der Waals surface area contributed by atoms with Gasteiger partial charge in [0.05, 0.1) is 19.8 Å². The summed E-state index contributed by atoms with van der Waals surface area (Å²) in [5.74, 6) is 2.18. The maximum Gasteiger partial charge on any atom is 0.251 e. The molecule has 1 amide bonds. The molecule has 2 aromatic heterocycles. The minimum absolute atomic E-state index is 0.121. The number of carbonyl (C=O) groups is 1. The van der Waals surface area contributed by atoms with Gasteiger partial charge in [0.25, 0.3) is 5.91 Å². The lowest BCUT2D eigenvalue weighted by Gasteiger charge is -2.30. The van der Waals surface area contributed by atoms with Crippen LogP contribution in [0.15, 0.2) is 24.3 Å². The molecule has 3 aromatic rings. The van der Waals surface area contributed by atoms with Crippen LogP contribution in [0, 0.1) is 0 Å². The van der Waals surface area contributed by atoms with Crippen LogP contribution >= 0.6 is 0 Å². The summed E-state index contributed by atoms with van der Waals surface area (Å²) in [4.78, 5) is 28.9. The van der Waals surface area contributed by atoms with Crippen LogP contribution in [0.5, 0.6) is 0 Å². The van der Waals surface area contributed by atoms with Crippen molar-refractivity contribution in [3.8, 4) is 11.4 Å². The third kappa shape index (κ3) is 3.43. The molecule has 2 aliphatic rings. The third-order valence-electron chi connectivity index (χ3n) is 5.84. The lowest BCUT2D eigenvalue weighted by molar-refractivity contribution is -0.0530. The summed E-state index contributed by atoms with van der Waals surface area (Å²) in [7, 11) is 1.62. The van der Waals surface area contributed by atoms with E-state index in [2.05, 4.69) is 14.8 Å². The number of ether oxygens (including phenoxy) is 2. The Labute approximate surface area is 180 Å². The zero-order valence-electron chi connectivity index (χ0n) is 18.0.